The maximum Gasteiger partial charge on any atom is 0.456 e. The Bertz CT molecular complexity index is 1190. The van der Waals surface area contributed by atoms with E-state index >= 15 is 0 Å². The van der Waals surface area contributed by atoms with E-state index in [2.05, 4.69) is 4.98 Å². The highest BCUT2D eigenvalue weighted by Crippen LogP contribution is 2.40. The van der Waals surface area contributed by atoms with Crippen molar-refractivity contribution in [3.8, 4) is 5.75 Å². The zero-order valence-electron chi connectivity index (χ0n) is 18.7. The van der Waals surface area contributed by atoms with Crippen molar-refractivity contribution in [3.63, 3.8) is 0 Å². The monoisotopic (exact) mass is 469 g/mol. The summed E-state index contributed by atoms with van der Waals surface area (Å²) in [5.41, 5.74) is 5.25. The number of aliphatic hydroxyl groups is 1. The van der Waals surface area contributed by atoms with Gasteiger partial charge in [0.1, 0.15) is 5.75 Å². The number of pyridine rings is 1. The van der Waals surface area contributed by atoms with Gasteiger partial charge < -0.3 is 19.9 Å². The van der Waals surface area contributed by atoms with Gasteiger partial charge in [0.25, 0.3) is 0 Å². The number of aromatic hydroxyl groups is 1. The number of nitrogens with zero attached hydrogens (tertiary/aromatic N) is 1. The van der Waals surface area contributed by atoms with E-state index in [0.29, 0.717) is 24.0 Å². The van der Waals surface area contributed by atoms with Crippen LogP contribution in [0.25, 0.3) is 11.6 Å². The third-order valence-electron chi connectivity index (χ3n) is 6.36. The average Bonchev–Trinajstić information content (AvgIpc) is 3.05. The molecule has 0 amide bonds. The van der Waals surface area contributed by atoms with Crippen LogP contribution in [0.4, 0.5) is 0 Å². The van der Waals surface area contributed by atoms with Gasteiger partial charge >= 0.3 is 7.12 Å². The molecule has 1 saturated heterocycles. The van der Waals surface area contributed by atoms with E-state index in [1.807, 2.05) is 50.3 Å². The number of sulfone groups is 1. The molecule has 1 fully saturated rings. The number of benzene rings is 1. The number of fused-ring (bicyclic) bond motifs is 1. The lowest BCUT2D eigenvalue weighted by atomic mass is 9.74. The van der Waals surface area contributed by atoms with Crippen molar-refractivity contribution < 1.29 is 28.3 Å². The van der Waals surface area contributed by atoms with Gasteiger partial charge in [-0.1, -0.05) is 6.07 Å². The summed E-state index contributed by atoms with van der Waals surface area (Å²) < 4.78 is 30.9. The third kappa shape index (κ3) is 4.91. The van der Waals surface area contributed by atoms with E-state index in [9.17, 15) is 23.7 Å². The van der Waals surface area contributed by atoms with Crippen LogP contribution in [0.3, 0.4) is 0 Å². The number of aryl methyl sites for hydroxylation is 2. The Labute approximate surface area is 194 Å². The SMILES string of the molecule is Cc1cc(/C=C(/CC[C@H]2OB(O)C[C@H]3C2=C(CO)CS3(=O)=O)c2ccccn2)cc(C)c1O. The minimum atomic E-state index is -3.45. The summed E-state index contributed by atoms with van der Waals surface area (Å²) in [4.78, 5) is 4.48. The summed E-state index contributed by atoms with van der Waals surface area (Å²) in [5, 5.41) is 29.3. The molecule has 33 heavy (non-hydrogen) atoms. The number of phenolic OH excluding ortho intramolecular Hbond substituents is 1. The van der Waals surface area contributed by atoms with Crippen LogP contribution in [0, 0.1) is 13.8 Å². The molecule has 2 aliphatic rings. The predicted octanol–water partition coefficient (Wildman–Crippen LogP) is 2.69. The van der Waals surface area contributed by atoms with Crippen LogP contribution in [-0.4, -0.2) is 59.5 Å². The molecule has 1 aromatic carbocycles. The van der Waals surface area contributed by atoms with Crippen molar-refractivity contribution in [1.29, 1.82) is 0 Å². The first-order valence-corrected chi connectivity index (χ1v) is 12.7. The van der Waals surface area contributed by atoms with E-state index in [0.717, 1.165) is 28.0 Å². The first-order chi connectivity index (χ1) is 15.7. The lowest BCUT2D eigenvalue weighted by Crippen LogP contribution is -2.42. The van der Waals surface area contributed by atoms with Crippen molar-refractivity contribution in [1.82, 2.24) is 4.98 Å². The van der Waals surface area contributed by atoms with E-state index in [1.165, 1.54) is 0 Å². The van der Waals surface area contributed by atoms with Crippen molar-refractivity contribution in [2.24, 2.45) is 0 Å². The van der Waals surface area contributed by atoms with Gasteiger partial charge in [-0.3, -0.25) is 4.98 Å². The van der Waals surface area contributed by atoms with Gasteiger partial charge in [-0.25, -0.2) is 8.42 Å². The van der Waals surface area contributed by atoms with E-state index in [1.54, 1.807) is 6.20 Å². The molecule has 2 atom stereocenters. The molecule has 0 bridgehead atoms. The number of hydrogen-bond donors (Lipinski definition) is 3. The highest BCUT2D eigenvalue weighted by Gasteiger charge is 2.48. The molecule has 0 saturated carbocycles. The molecule has 174 valence electrons. The minimum Gasteiger partial charge on any atom is -0.507 e. The Kier molecular flexibility index (Phi) is 6.77. The molecular weight excluding hydrogens is 441 g/mol. The molecule has 3 heterocycles. The normalized spacial score (nSPS) is 22.5. The molecule has 0 radical (unpaired) electrons. The van der Waals surface area contributed by atoms with Crippen LogP contribution in [0.2, 0.25) is 6.32 Å². The highest BCUT2D eigenvalue weighted by atomic mass is 32.2. The fourth-order valence-electron chi connectivity index (χ4n) is 4.81. The number of aromatic nitrogens is 1. The van der Waals surface area contributed by atoms with Gasteiger partial charge in [0.2, 0.25) is 0 Å². The molecule has 9 heteroatoms. The fraction of sp³-hybridized carbons (Fsp3) is 0.375. The van der Waals surface area contributed by atoms with Crippen molar-refractivity contribution in [3.05, 3.63) is 70.1 Å². The van der Waals surface area contributed by atoms with Crippen LogP contribution < -0.4 is 0 Å². The predicted molar refractivity (Wildman–Crippen MR) is 128 cm³/mol. The lowest BCUT2D eigenvalue weighted by Gasteiger charge is -2.32. The summed E-state index contributed by atoms with van der Waals surface area (Å²) in [6.45, 7) is 3.36. The quantitative estimate of drug-likeness (QED) is 0.440. The van der Waals surface area contributed by atoms with Crippen molar-refractivity contribution >= 4 is 28.6 Å². The molecule has 0 spiro atoms. The third-order valence-corrected chi connectivity index (χ3v) is 8.43. The van der Waals surface area contributed by atoms with Crippen LogP contribution in [0.5, 0.6) is 5.75 Å². The van der Waals surface area contributed by atoms with Gasteiger partial charge in [-0.05, 0) is 90.4 Å². The molecule has 1 aromatic heterocycles. The summed E-state index contributed by atoms with van der Waals surface area (Å²) >= 11 is 0. The molecule has 2 aliphatic heterocycles. The van der Waals surface area contributed by atoms with Crippen LogP contribution >= 0.6 is 0 Å². The summed E-state index contributed by atoms with van der Waals surface area (Å²) in [5.74, 6) is 0.0820. The molecule has 0 aliphatic carbocycles. The summed E-state index contributed by atoms with van der Waals surface area (Å²) in [6, 6.07) is 9.44. The Morgan fingerprint density at radius 1 is 1.27 bits per heavy atom. The van der Waals surface area contributed by atoms with Crippen LogP contribution in [0.1, 0.15) is 35.2 Å². The zero-order chi connectivity index (χ0) is 23.8. The second-order valence-electron chi connectivity index (χ2n) is 8.75. The van der Waals surface area contributed by atoms with Gasteiger partial charge in [-0.2, -0.15) is 0 Å². The number of allylic oxidation sites excluding steroid dienone is 1. The smallest absolute Gasteiger partial charge is 0.456 e. The maximum absolute atomic E-state index is 12.6. The topological polar surface area (TPSA) is 117 Å². The molecule has 7 nitrogen and oxygen atoms in total. The van der Waals surface area contributed by atoms with Gasteiger partial charge in [0.15, 0.2) is 9.84 Å². The van der Waals surface area contributed by atoms with E-state index in [4.69, 9.17) is 4.65 Å². The van der Waals surface area contributed by atoms with E-state index in [-0.39, 0.29) is 24.4 Å². The Morgan fingerprint density at radius 2 is 2.00 bits per heavy atom. The first kappa shape index (κ1) is 23.7. The van der Waals surface area contributed by atoms with Gasteiger partial charge in [0, 0.05) is 12.5 Å². The highest BCUT2D eigenvalue weighted by molar-refractivity contribution is 7.92. The Hall–Kier alpha value is -2.46. The lowest BCUT2D eigenvalue weighted by molar-refractivity contribution is 0.169. The minimum absolute atomic E-state index is 0.00728. The summed E-state index contributed by atoms with van der Waals surface area (Å²) in [6.07, 6.45) is 4.05. The second kappa shape index (κ2) is 9.42. The molecule has 0 unspecified atom stereocenters. The fourth-order valence-corrected chi connectivity index (χ4v) is 6.91. The van der Waals surface area contributed by atoms with Gasteiger partial charge in [-0.15, -0.1) is 0 Å². The number of aliphatic hydroxyl groups excluding tert-OH is 1. The van der Waals surface area contributed by atoms with Crippen LogP contribution in [0.15, 0.2) is 47.7 Å². The molecule has 3 N–H and O–H groups in total. The molecule has 2 aromatic rings. The first-order valence-electron chi connectivity index (χ1n) is 11.0. The zero-order valence-corrected chi connectivity index (χ0v) is 19.5. The Morgan fingerprint density at radius 3 is 2.64 bits per heavy atom. The van der Waals surface area contributed by atoms with Crippen LogP contribution in [-0.2, 0) is 14.5 Å². The number of rotatable bonds is 6. The average molecular weight is 469 g/mol. The second-order valence-corrected chi connectivity index (χ2v) is 10.9. The maximum atomic E-state index is 12.6. The van der Waals surface area contributed by atoms with Crippen molar-refractivity contribution in [2.75, 3.05) is 12.4 Å². The summed E-state index contributed by atoms with van der Waals surface area (Å²) in [7, 11) is -4.62. The molecular formula is C24H28BNO6S. The van der Waals surface area contributed by atoms with Gasteiger partial charge in [0.05, 0.1) is 29.4 Å². The number of hydrogen-bond acceptors (Lipinski definition) is 7. The number of phenols is 1. The molecule has 4 rings (SSSR count). The largest absolute Gasteiger partial charge is 0.507 e. The van der Waals surface area contributed by atoms with Crippen molar-refractivity contribution in [2.45, 2.75) is 44.4 Å². The van der Waals surface area contributed by atoms with E-state index < -0.39 is 28.3 Å². The standard InChI is InChI=1S/C24H28BNO6S/c1-15-9-17(10-16(2)24(15)28)11-18(20-5-3-4-8-26-20)6-7-21-23-19(13-27)14-33(30,31)22(23)12-25(29)32-21/h3-5,8-11,21-22,27-29H,6-7,12-14H2,1-2H3/b18-11-/t21-,22+/m1/s1. The Balaban J connectivity index is 1.66.